The van der Waals surface area contributed by atoms with Gasteiger partial charge in [0, 0.05) is 27.7 Å². The number of halogens is 1. The maximum Gasteiger partial charge on any atom is 0.271 e. The van der Waals surface area contributed by atoms with E-state index in [4.69, 9.17) is 16.6 Å². The van der Waals surface area contributed by atoms with Crippen molar-refractivity contribution in [3.8, 4) is 5.69 Å². The second kappa shape index (κ2) is 9.37. The molecule has 1 aliphatic carbocycles. The number of nitrogens with zero attached hydrogens (tertiary/aromatic N) is 3. The lowest BCUT2D eigenvalue weighted by molar-refractivity contribution is 0.585. The van der Waals surface area contributed by atoms with Crippen LogP contribution in [0.2, 0.25) is 5.02 Å². The molecule has 0 bridgehead atoms. The number of thiazole rings is 1. The molecule has 4 nitrogen and oxygen atoms in total. The number of benzene rings is 3. The van der Waals surface area contributed by atoms with E-state index >= 15 is 0 Å². The third-order valence-corrected chi connectivity index (χ3v) is 9.06. The Morgan fingerprint density at radius 2 is 1.69 bits per heavy atom. The summed E-state index contributed by atoms with van der Waals surface area (Å²) in [4.78, 5) is 20.0. The predicted octanol–water partition coefficient (Wildman–Crippen LogP) is 6.38. The number of rotatable bonds is 3. The average molecular weight is 548 g/mol. The molecule has 0 amide bonds. The summed E-state index contributed by atoms with van der Waals surface area (Å²) in [5.41, 5.74) is 10.1. The van der Waals surface area contributed by atoms with E-state index in [2.05, 4.69) is 60.9 Å². The molecular formula is C33H26ClN3OS. The van der Waals surface area contributed by atoms with Gasteiger partial charge in [0.15, 0.2) is 4.80 Å². The van der Waals surface area contributed by atoms with E-state index < -0.39 is 0 Å². The Kier molecular flexibility index (Phi) is 5.80. The largest absolute Gasteiger partial charge is 0.318 e. The minimum atomic E-state index is -0.158. The Labute approximate surface area is 235 Å². The Hall–Kier alpha value is -3.93. The molecule has 3 aromatic carbocycles. The molecule has 0 radical (unpaired) electrons. The van der Waals surface area contributed by atoms with E-state index in [1.807, 2.05) is 53.1 Å². The van der Waals surface area contributed by atoms with Gasteiger partial charge in [0.2, 0.25) is 0 Å². The van der Waals surface area contributed by atoms with E-state index in [0.29, 0.717) is 9.55 Å². The SMILES string of the molecule is Cc1cc(/C=c2/sc3n(c2=O)[C@@H](c2ccccc2)C2=C(N=3)c3ccccc3CC2)c(C)n1-c1ccc(Cl)cc1. The molecule has 2 aliphatic rings. The molecular weight excluding hydrogens is 522 g/mol. The number of aryl methyl sites for hydroxylation is 2. The zero-order valence-electron chi connectivity index (χ0n) is 21.7. The third kappa shape index (κ3) is 3.96. The highest BCUT2D eigenvalue weighted by Gasteiger charge is 2.32. The van der Waals surface area contributed by atoms with Crippen LogP contribution in [0.25, 0.3) is 17.5 Å². The highest BCUT2D eigenvalue weighted by atomic mass is 35.5. The van der Waals surface area contributed by atoms with Crippen LogP contribution < -0.4 is 14.9 Å². The topological polar surface area (TPSA) is 39.3 Å². The first kappa shape index (κ1) is 24.1. The van der Waals surface area contributed by atoms with Crippen LogP contribution in [-0.2, 0) is 6.42 Å². The number of fused-ring (bicyclic) bond motifs is 3. The second-order valence-corrected chi connectivity index (χ2v) is 11.6. The summed E-state index contributed by atoms with van der Waals surface area (Å²) in [7, 11) is 0. The van der Waals surface area contributed by atoms with Gasteiger partial charge in [0.25, 0.3) is 5.56 Å². The van der Waals surface area contributed by atoms with E-state index in [9.17, 15) is 4.79 Å². The Morgan fingerprint density at radius 1 is 0.949 bits per heavy atom. The van der Waals surface area contributed by atoms with Gasteiger partial charge in [0.05, 0.1) is 16.3 Å². The van der Waals surface area contributed by atoms with Crippen molar-refractivity contribution in [2.24, 2.45) is 4.99 Å². The molecule has 7 rings (SSSR count). The van der Waals surface area contributed by atoms with Crippen LogP contribution in [0, 0.1) is 13.8 Å². The molecule has 192 valence electrons. The van der Waals surface area contributed by atoms with Crippen molar-refractivity contribution in [2.75, 3.05) is 0 Å². The number of aromatic nitrogens is 2. The molecule has 1 aliphatic heterocycles. The smallest absolute Gasteiger partial charge is 0.271 e. The van der Waals surface area contributed by atoms with Gasteiger partial charge in [-0.15, -0.1) is 0 Å². The van der Waals surface area contributed by atoms with Crippen LogP contribution >= 0.6 is 22.9 Å². The standard InChI is InChI=1S/C33H26ClN3OS/c1-20-18-24(21(2)36(20)26-15-13-25(34)14-16-26)19-29-32(38)37-31(23-9-4-3-5-10-23)28-17-12-22-8-6-7-11-27(22)30(28)35-33(37)39-29/h3-11,13-16,18-19,31H,12,17H2,1-2H3/b29-19+/t31-/m0/s1. The van der Waals surface area contributed by atoms with Crippen LogP contribution in [0.5, 0.6) is 0 Å². The first-order valence-corrected chi connectivity index (χ1v) is 14.3. The lowest BCUT2D eigenvalue weighted by Crippen LogP contribution is -2.38. The summed E-state index contributed by atoms with van der Waals surface area (Å²) in [5, 5.41) is 0.709. The molecule has 2 aromatic heterocycles. The molecule has 6 heteroatoms. The van der Waals surface area contributed by atoms with E-state index in [1.165, 1.54) is 28.0 Å². The number of hydrogen-bond acceptors (Lipinski definition) is 3. The van der Waals surface area contributed by atoms with Gasteiger partial charge in [0.1, 0.15) is 0 Å². The normalized spacial score (nSPS) is 16.5. The molecule has 0 N–H and O–H groups in total. The summed E-state index contributed by atoms with van der Waals surface area (Å²) >= 11 is 7.60. The van der Waals surface area contributed by atoms with Gasteiger partial charge in [-0.2, -0.15) is 0 Å². The van der Waals surface area contributed by atoms with Crippen molar-refractivity contribution in [2.45, 2.75) is 32.7 Å². The summed E-state index contributed by atoms with van der Waals surface area (Å²) in [6.07, 6.45) is 3.87. The van der Waals surface area contributed by atoms with Crippen LogP contribution in [0.3, 0.4) is 0 Å². The van der Waals surface area contributed by atoms with Crippen LogP contribution in [0.4, 0.5) is 0 Å². The van der Waals surface area contributed by atoms with Crippen molar-refractivity contribution in [3.63, 3.8) is 0 Å². The van der Waals surface area contributed by atoms with Gasteiger partial charge in [-0.05, 0) is 85.4 Å². The lowest BCUT2D eigenvalue weighted by atomic mass is 9.83. The molecule has 1 atom stereocenters. The molecule has 5 aromatic rings. The van der Waals surface area contributed by atoms with Gasteiger partial charge in [-0.1, -0.05) is 77.5 Å². The van der Waals surface area contributed by atoms with Gasteiger partial charge >= 0.3 is 0 Å². The monoisotopic (exact) mass is 547 g/mol. The summed E-state index contributed by atoms with van der Waals surface area (Å²) < 4.78 is 4.80. The van der Waals surface area contributed by atoms with E-state index in [-0.39, 0.29) is 11.6 Å². The van der Waals surface area contributed by atoms with Gasteiger partial charge < -0.3 is 4.57 Å². The number of allylic oxidation sites excluding steroid dienone is 1. The third-order valence-electron chi connectivity index (χ3n) is 7.83. The lowest BCUT2D eigenvalue weighted by Gasteiger charge is -2.30. The van der Waals surface area contributed by atoms with Crippen LogP contribution in [-0.4, -0.2) is 9.13 Å². The fraction of sp³-hybridized carbons (Fsp3) is 0.152. The minimum Gasteiger partial charge on any atom is -0.318 e. The molecule has 0 fully saturated rings. The summed E-state index contributed by atoms with van der Waals surface area (Å²) in [6.45, 7) is 4.17. The van der Waals surface area contributed by atoms with Crippen molar-refractivity contribution in [3.05, 3.63) is 149 Å². The highest BCUT2D eigenvalue weighted by Crippen LogP contribution is 2.41. The molecule has 39 heavy (non-hydrogen) atoms. The summed E-state index contributed by atoms with van der Waals surface area (Å²) in [5.74, 6) is 0. The quantitative estimate of drug-likeness (QED) is 0.258. The number of hydrogen-bond donors (Lipinski definition) is 0. The fourth-order valence-corrected chi connectivity index (χ4v) is 7.14. The first-order chi connectivity index (χ1) is 19.0. The zero-order valence-corrected chi connectivity index (χ0v) is 23.3. The molecule has 0 saturated carbocycles. The minimum absolute atomic E-state index is 0.00862. The molecule has 3 heterocycles. The van der Waals surface area contributed by atoms with Crippen molar-refractivity contribution in [1.29, 1.82) is 0 Å². The Bertz CT molecular complexity index is 1960. The fourth-order valence-electron chi connectivity index (χ4n) is 6.02. The maximum absolute atomic E-state index is 14.1. The van der Waals surface area contributed by atoms with Crippen molar-refractivity contribution >= 4 is 34.7 Å². The van der Waals surface area contributed by atoms with Crippen LogP contribution in [0.1, 0.15) is 46.1 Å². The second-order valence-electron chi connectivity index (χ2n) is 10.2. The first-order valence-electron chi connectivity index (χ1n) is 13.1. The maximum atomic E-state index is 14.1. The van der Waals surface area contributed by atoms with E-state index in [1.54, 1.807) is 0 Å². The molecule has 0 spiro atoms. The van der Waals surface area contributed by atoms with E-state index in [0.717, 1.165) is 51.5 Å². The predicted molar refractivity (Wildman–Crippen MR) is 159 cm³/mol. The van der Waals surface area contributed by atoms with Crippen molar-refractivity contribution in [1.82, 2.24) is 9.13 Å². The molecule has 0 saturated heterocycles. The molecule has 0 unspecified atom stereocenters. The van der Waals surface area contributed by atoms with Gasteiger partial charge in [-0.25, -0.2) is 4.99 Å². The summed E-state index contributed by atoms with van der Waals surface area (Å²) in [6, 6.07) is 28.7. The van der Waals surface area contributed by atoms with Crippen LogP contribution in [0.15, 0.2) is 100 Å². The average Bonchev–Trinajstić information content (AvgIpc) is 3.42. The van der Waals surface area contributed by atoms with Gasteiger partial charge in [-0.3, -0.25) is 9.36 Å². The Morgan fingerprint density at radius 3 is 2.49 bits per heavy atom. The van der Waals surface area contributed by atoms with Crippen molar-refractivity contribution < 1.29 is 0 Å². The highest BCUT2D eigenvalue weighted by molar-refractivity contribution is 7.07. The Balaban J connectivity index is 1.43. The zero-order chi connectivity index (χ0) is 26.7.